The van der Waals surface area contributed by atoms with Gasteiger partial charge in [-0.3, -0.25) is 0 Å². The highest BCUT2D eigenvalue weighted by molar-refractivity contribution is 6.33. The summed E-state index contributed by atoms with van der Waals surface area (Å²) >= 11 is 6.09. The Morgan fingerprint density at radius 2 is 1.80 bits per heavy atom. The second-order valence-corrected chi connectivity index (χ2v) is 4.86. The molecule has 0 saturated heterocycles. The molecule has 3 N–H and O–H groups in total. The quantitative estimate of drug-likeness (QED) is 0.803. The van der Waals surface area contributed by atoms with Gasteiger partial charge in [0.05, 0.1) is 22.3 Å². The molecule has 102 valence electrons. The van der Waals surface area contributed by atoms with Crippen LogP contribution in [-0.2, 0) is 0 Å². The first-order chi connectivity index (χ1) is 9.49. The van der Waals surface area contributed by atoms with Crippen LogP contribution in [0.3, 0.4) is 0 Å². The highest BCUT2D eigenvalue weighted by Crippen LogP contribution is 2.30. The summed E-state index contributed by atoms with van der Waals surface area (Å²) < 4.78 is 0. The van der Waals surface area contributed by atoms with Crippen LogP contribution in [-0.4, -0.2) is 10.2 Å². The molecule has 20 heavy (non-hydrogen) atoms. The number of anilines is 1. The van der Waals surface area contributed by atoms with E-state index in [1.165, 1.54) is 6.07 Å². The second kappa shape index (κ2) is 5.72. The van der Waals surface area contributed by atoms with E-state index in [0.717, 1.165) is 5.56 Å². The first kappa shape index (κ1) is 14.0. The number of rotatable bonds is 3. The van der Waals surface area contributed by atoms with Crippen LogP contribution < -0.4 is 5.32 Å². The molecule has 1 unspecified atom stereocenters. The Hall–Kier alpha value is -2.38. The summed E-state index contributed by atoms with van der Waals surface area (Å²) in [7, 11) is 0. The molecule has 0 aliphatic heterocycles. The minimum absolute atomic E-state index is 0.000393. The molecule has 0 heterocycles. The van der Waals surface area contributed by atoms with Crippen molar-refractivity contribution < 1.29 is 10.2 Å². The number of nitrogens with zero attached hydrogens (tertiary/aromatic N) is 1. The van der Waals surface area contributed by atoms with Gasteiger partial charge in [0.15, 0.2) is 0 Å². The van der Waals surface area contributed by atoms with Crippen molar-refractivity contribution in [3.63, 3.8) is 0 Å². The molecule has 2 aromatic carbocycles. The zero-order chi connectivity index (χ0) is 14.7. The van der Waals surface area contributed by atoms with Crippen LogP contribution in [0.2, 0.25) is 5.02 Å². The fraction of sp³-hybridized carbons (Fsp3) is 0.133. The monoisotopic (exact) mass is 288 g/mol. The molecule has 5 heteroatoms. The predicted molar refractivity (Wildman–Crippen MR) is 78.0 cm³/mol. The molecule has 2 aromatic rings. The van der Waals surface area contributed by atoms with Gasteiger partial charge in [-0.25, -0.2) is 0 Å². The molecular weight excluding hydrogens is 276 g/mol. The molecule has 0 saturated carbocycles. The lowest BCUT2D eigenvalue weighted by atomic mass is 10.1. The number of halogens is 1. The molecule has 0 bridgehead atoms. The zero-order valence-corrected chi connectivity index (χ0v) is 11.5. The number of phenols is 2. The normalized spacial score (nSPS) is 11.7. The van der Waals surface area contributed by atoms with Crippen molar-refractivity contribution in [2.75, 3.05) is 5.32 Å². The van der Waals surface area contributed by atoms with Crippen molar-refractivity contribution in [2.45, 2.75) is 13.0 Å². The number of nitriles is 1. The average molecular weight is 289 g/mol. The highest BCUT2D eigenvalue weighted by atomic mass is 35.5. The molecular formula is C15H13ClN2O2. The molecule has 4 nitrogen and oxygen atoms in total. The first-order valence-corrected chi connectivity index (χ1v) is 6.36. The number of benzene rings is 2. The van der Waals surface area contributed by atoms with Crippen LogP contribution >= 0.6 is 11.6 Å². The third kappa shape index (κ3) is 3.14. The van der Waals surface area contributed by atoms with Gasteiger partial charge in [-0.2, -0.15) is 5.26 Å². The van der Waals surface area contributed by atoms with Crippen molar-refractivity contribution in [3.05, 3.63) is 52.5 Å². The van der Waals surface area contributed by atoms with Gasteiger partial charge in [-0.05, 0) is 42.8 Å². The molecule has 0 radical (unpaired) electrons. The van der Waals surface area contributed by atoms with E-state index in [2.05, 4.69) is 5.32 Å². The van der Waals surface area contributed by atoms with Crippen LogP contribution in [0.25, 0.3) is 0 Å². The van der Waals surface area contributed by atoms with Crippen molar-refractivity contribution in [1.29, 1.82) is 5.26 Å². The second-order valence-electron chi connectivity index (χ2n) is 4.46. The van der Waals surface area contributed by atoms with E-state index in [9.17, 15) is 10.2 Å². The van der Waals surface area contributed by atoms with Gasteiger partial charge >= 0.3 is 0 Å². The SMILES string of the molecule is CC(Nc1ccc(C#N)cc1Cl)c1cc(O)cc(O)c1. The van der Waals surface area contributed by atoms with Crippen LogP contribution in [0.1, 0.15) is 24.1 Å². The van der Waals surface area contributed by atoms with Gasteiger partial charge in [0.25, 0.3) is 0 Å². The summed E-state index contributed by atoms with van der Waals surface area (Å²) in [6.07, 6.45) is 0. The number of aromatic hydroxyl groups is 2. The Kier molecular flexibility index (Phi) is 4.02. The standard InChI is InChI=1S/C15H13ClN2O2/c1-9(11-5-12(19)7-13(20)6-11)18-15-3-2-10(8-17)4-14(15)16/h2-7,9,18-20H,1H3. The Bertz CT molecular complexity index is 660. The third-order valence-corrected chi connectivity index (χ3v) is 3.21. The molecule has 0 fully saturated rings. The number of nitrogens with one attached hydrogen (secondary N) is 1. The Labute approximate surface area is 121 Å². The van der Waals surface area contributed by atoms with Crippen LogP contribution in [0.5, 0.6) is 11.5 Å². The van der Waals surface area contributed by atoms with E-state index in [-0.39, 0.29) is 17.5 Å². The fourth-order valence-corrected chi connectivity index (χ4v) is 2.12. The minimum atomic E-state index is -0.168. The maximum absolute atomic E-state index is 9.48. The lowest BCUT2D eigenvalue weighted by Crippen LogP contribution is -2.07. The van der Waals surface area contributed by atoms with Crippen LogP contribution in [0.4, 0.5) is 5.69 Å². The van der Waals surface area contributed by atoms with E-state index >= 15 is 0 Å². The van der Waals surface area contributed by atoms with Crippen LogP contribution in [0.15, 0.2) is 36.4 Å². The molecule has 0 aliphatic rings. The lowest BCUT2D eigenvalue weighted by Gasteiger charge is -2.17. The van der Waals surface area contributed by atoms with Gasteiger partial charge in [0.2, 0.25) is 0 Å². The van der Waals surface area contributed by atoms with Gasteiger partial charge in [-0.1, -0.05) is 11.6 Å². The molecule has 0 aliphatic carbocycles. The first-order valence-electron chi connectivity index (χ1n) is 5.98. The minimum Gasteiger partial charge on any atom is -0.508 e. The number of hydrogen-bond donors (Lipinski definition) is 3. The fourth-order valence-electron chi connectivity index (χ4n) is 1.89. The Morgan fingerprint density at radius 1 is 1.15 bits per heavy atom. The maximum Gasteiger partial charge on any atom is 0.119 e. The summed E-state index contributed by atoms with van der Waals surface area (Å²) in [4.78, 5) is 0. The van der Waals surface area contributed by atoms with E-state index < -0.39 is 0 Å². The molecule has 1 atom stereocenters. The van der Waals surface area contributed by atoms with Crippen molar-refractivity contribution in [3.8, 4) is 17.6 Å². The lowest BCUT2D eigenvalue weighted by molar-refractivity contribution is 0.448. The van der Waals surface area contributed by atoms with Gasteiger partial charge < -0.3 is 15.5 Å². The van der Waals surface area contributed by atoms with Crippen molar-refractivity contribution in [2.24, 2.45) is 0 Å². The molecule has 2 rings (SSSR count). The summed E-state index contributed by atoms with van der Waals surface area (Å²) in [6.45, 7) is 1.88. The predicted octanol–water partition coefficient (Wildman–Crippen LogP) is 3.80. The third-order valence-electron chi connectivity index (χ3n) is 2.90. The van der Waals surface area contributed by atoms with E-state index in [1.807, 2.05) is 13.0 Å². The largest absolute Gasteiger partial charge is 0.508 e. The summed E-state index contributed by atoms with van der Waals surface area (Å²) in [5.41, 5.74) is 1.90. The maximum atomic E-state index is 9.48. The summed E-state index contributed by atoms with van der Waals surface area (Å²) in [6, 6.07) is 11.2. The Morgan fingerprint density at radius 3 is 2.35 bits per heavy atom. The van der Waals surface area contributed by atoms with Gasteiger partial charge in [0.1, 0.15) is 11.5 Å². The molecule has 0 amide bonds. The van der Waals surface area contributed by atoms with Gasteiger partial charge in [0, 0.05) is 12.1 Å². The van der Waals surface area contributed by atoms with E-state index in [0.29, 0.717) is 16.3 Å². The summed E-state index contributed by atoms with van der Waals surface area (Å²) in [5.74, 6) is -0.000786. The summed E-state index contributed by atoms with van der Waals surface area (Å²) in [5, 5.41) is 31.4. The topological polar surface area (TPSA) is 76.3 Å². The van der Waals surface area contributed by atoms with E-state index in [1.54, 1.807) is 30.3 Å². The number of phenolic OH excluding ortho intramolecular Hbond substituents is 2. The zero-order valence-electron chi connectivity index (χ0n) is 10.8. The highest BCUT2D eigenvalue weighted by Gasteiger charge is 2.10. The average Bonchev–Trinajstić information content (AvgIpc) is 2.39. The number of hydrogen-bond acceptors (Lipinski definition) is 4. The van der Waals surface area contributed by atoms with E-state index in [4.69, 9.17) is 16.9 Å². The Balaban J connectivity index is 2.23. The van der Waals surface area contributed by atoms with Gasteiger partial charge in [-0.15, -0.1) is 0 Å². The van der Waals surface area contributed by atoms with Crippen LogP contribution in [0, 0.1) is 11.3 Å². The molecule has 0 aromatic heterocycles. The van der Waals surface area contributed by atoms with Crippen molar-refractivity contribution >= 4 is 17.3 Å². The smallest absolute Gasteiger partial charge is 0.119 e. The van der Waals surface area contributed by atoms with Crippen molar-refractivity contribution in [1.82, 2.24) is 0 Å². The molecule has 0 spiro atoms.